The summed E-state index contributed by atoms with van der Waals surface area (Å²) in [4.78, 5) is 11.2. The molecule has 3 radical (unpaired) electrons. The van der Waals surface area contributed by atoms with Gasteiger partial charge in [0, 0.05) is 25.9 Å². The minimum absolute atomic E-state index is 0. The zero-order chi connectivity index (χ0) is 11.1. The summed E-state index contributed by atoms with van der Waals surface area (Å²) in [7, 11) is 0. The summed E-state index contributed by atoms with van der Waals surface area (Å²) >= 11 is 0. The van der Waals surface area contributed by atoms with Gasteiger partial charge < -0.3 is 10.4 Å². The fraction of sp³-hybridized carbons (Fsp3) is 0.308. The smallest absolute Gasteiger partial charge is 0.326 e. The third kappa shape index (κ3) is 1.73. The number of benzene rings is 1. The van der Waals surface area contributed by atoms with Gasteiger partial charge in [-0.25, -0.2) is 4.79 Å². The van der Waals surface area contributed by atoms with E-state index < -0.39 is 12.0 Å². The number of aliphatic carboxylic acids is 1. The van der Waals surface area contributed by atoms with Crippen LogP contribution in [-0.4, -0.2) is 25.5 Å². The van der Waals surface area contributed by atoms with Gasteiger partial charge in [0.15, 0.2) is 0 Å². The van der Waals surface area contributed by atoms with Crippen LogP contribution in [0.3, 0.4) is 0 Å². The number of carboxylic acid groups (broad SMARTS) is 1. The quantitative estimate of drug-likeness (QED) is 0.567. The lowest BCUT2D eigenvalue weighted by molar-refractivity contribution is -0.139. The second-order valence-corrected chi connectivity index (χ2v) is 4.40. The summed E-state index contributed by atoms with van der Waals surface area (Å²) in [5, 5.41) is 12.3. The summed E-state index contributed by atoms with van der Waals surface area (Å²) in [5.74, 6) is -0.334. The van der Waals surface area contributed by atoms with Crippen LogP contribution < -0.4 is 5.32 Å². The predicted octanol–water partition coefficient (Wildman–Crippen LogP) is 1.84. The zero-order valence-corrected chi connectivity index (χ0v) is 9.34. The second-order valence-electron chi connectivity index (χ2n) is 4.40. The summed E-state index contributed by atoms with van der Waals surface area (Å²) in [6.45, 7) is 0. The van der Waals surface area contributed by atoms with Crippen LogP contribution in [0.25, 0.3) is 0 Å². The van der Waals surface area contributed by atoms with Crippen LogP contribution in [0.15, 0.2) is 36.4 Å². The third-order valence-electron chi connectivity index (χ3n) is 3.54. The van der Waals surface area contributed by atoms with E-state index in [1.165, 1.54) is 5.56 Å². The van der Waals surface area contributed by atoms with E-state index in [9.17, 15) is 9.90 Å². The fourth-order valence-corrected chi connectivity index (χ4v) is 2.79. The van der Waals surface area contributed by atoms with Crippen molar-refractivity contribution in [2.75, 3.05) is 5.32 Å². The molecule has 3 nitrogen and oxygen atoms in total. The Labute approximate surface area is 102 Å². The molecule has 0 saturated carbocycles. The van der Waals surface area contributed by atoms with Gasteiger partial charge in [-0.05, 0) is 18.1 Å². The van der Waals surface area contributed by atoms with E-state index >= 15 is 0 Å². The van der Waals surface area contributed by atoms with Crippen LogP contribution in [0.2, 0.25) is 0 Å². The number of anilines is 1. The van der Waals surface area contributed by atoms with E-state index in [2.05, 4.69) is 23.5 Å². The highest BCUT2D eigenvalue weighted by Crippen LogP contribution is 2.44. The first-order chi connectivity index (χ1) is 7.77. The molecule has 17 heavy (non-hydrogen) atoms. The molecule has 0 amide bonds. The molecule has 0 fully saturated rings. The van der Waals surface area contributed by atoms with Crippen LogP contribution in [-0.2, 0) is 4.79 Å². The third-order valence-corrected chi connectivity index (χ3v) is 3.54. The van der Waals surface area contributed by atoms with Crippen molar-refractivity contribution in [2.45, 2.75) is 18.4 Å². The van der Waals surface area contributed by atoms with Crippen molar-refractivity contribution in [1.82, 2.24) is 0 Å². The van der Waals surface area contributed by atoms with Crippen molar-refractivity contribution >= 4 is 20.1 Å². The molecule has 0 aromatic heterocycles. The van der Waals surface area contributed by atoms with Crippen LogP contribution in [0.1, 0.15) is 17.9 Å². The number of hydrogen-bond acceptors (Lipinski definition) is 2. The molecule has 1 heterocycles. The average molecular weight is 226 g/mol. The first kappa shape index (κ1) is 11.8. The molecular formula is C13H13BNO2. The lowest BCUT2D eigenvalue weighted by Crippen LogP contribution is -2.41. The maximum Gasteiger partial charge on any atom is 0.326 e. The molecule has 1 aromatic rings. The highest BCUT2D eigenvalue weighted by Gasteiger charge is 2.40. The average Bonchev–Trinajstić information content (AvgIpc) is 2.76. The molecule has 0 bridgehead atoms. The summed E-state index contributed by atoms with van der Waals surface area (Å²) < 4.78 is 0. The van der Waals surface area contributed by atoms with Gasteiger partial charge in [-0.1, -0.05) is 30.4 Å². The highest BCUT2D eigenvalue weighted by atomic mass is 16.4. The van der Waals surface area contributed by atoms with E-state index in [0.29, 0.717) is 0 Å². The summed E-state index contributed by atoms with van der Waals surface area (Å²) in [5.41, 5.74) is 2.18. The van der Waals surface area contributed by atoms with Gasteiger partial charge >= 0.3 is 5.97 Å². The van der Waals surface area contributed by atoms with Gasteiger partial charge in [-0.15, -0.1) is 0 Å². The van der Waals surface area contributed by atoms with Crippen molar-refractivity contribution in [3.8, 4) is 0 Å². The van der Waals surface area contributed by atoms with Gasteiger partial charge in [0.05, 0.1) is 0 Å². The Morgan fingerprint density at radius 1 is 1.35 bits per heavy atom. The monoisotopic (exact) mass is 226 g/mol. The number of nitrogens with one attached hydrogen (secondary N) is 1. The normalized spacial score (nSPS) is 28.6. The lowest BCUT2D eigenvalue weighted by Gasteiger charge is -2.34. The first-order valence-corrected chi connectivity index (χ1v) is 5.52. The molecule has 4 heteroatoms. The van der Waals surface area contributed by atoms with E-state index in [1.807, 2.05) is 18.2 Å². The summed E-state index contributed by atoms with van der Waals surface area (Å²) in [6.07, 6.45) is 5.08. The number of allylic oxidation sites excluding steroid dienone is 2. The molecule has 0 spiro atoms. The topological polar surface area (TPSA) is 49.3 Å². The molecule has 1 aliphatic carbocycles. The lowest BCUT2D eigenvalue weighted by atomic mass is 9.79. The van der Waals surface area contributed by atoms with Crippen molar-refractivity contribution in [3.05, 3.63) is 42.0 Å². The Morgan fingerprint density at radius 2 is 2.12 bits per heavy atom. The molecule has 0 saturated heterocycles. The Morgan fingerprint density at radius 3 is 2.88 bits per heavy atom. The van der Waals surface area contributed by atoms with Gasteiger partial charge in [-0.3, -0.25) is 0 Å². The van der Waals surface area contributed by atoms with Crippen LogP contribution in [0.5, 0.6) is 0 Å². The van der Waals surface area contributed by atoms with Crippen molar-refractivity contribution in [1.29, 1.82) is 0 Å². The number of para-hydroxylation sites is 1. The molecule has 3 unspecified atom stereocenters. The van der Waals surface area contributed by atoms with Crippen molar-refractivity contribution in [3.63, 3.8) is 0 Å². The van der Waals surface area contributed by atoms with Gasteiger partial charge in [0.25, 0.3) is 0 Å². The zero-order valence-electron chi connectivity index (χ0n) is 9.34. The van der Waals surface area contributed by atoms with Crippen molar-refractivity contribution < 1.29 is 9.90 Å². The van der Waals surface area contributed by atoms with Gasteiger partial charge in [0.1, 0.15) is 6.04 Å². The molecule has 1 aliphatic heterocycles. The van der Waals surface area contributed by atoms with Crippen LogP contribution in [0.4, 0.5) is 5.69 Å². The molecule has 2 aliphatic rings. The Balaban J connectivity index is 0.00000108. The van der Waals surface area contributed by atoms with Crippen LogP contribution in [0, 0.1) is 5.92 Å². The number of rotatable bonds is 1. The number of carboxylic acids is 1. The van der Waals surface area contributed by atoms with Crippen LogP contribution >= 0.6 is 0 Å². The standard InChI is InChI=1S/C13H13NO2.B/c15-13(16)12-10-6-3-5-8(10)9-4-1-2-7-11(9)14-12;/h1-5,7-8,10,12,14H,6H2,(H,15,16);. The van der Waals surface area contributed by atoms with E-state index in [-0.39, 0.29) is 20.2 Å². The minimum atomic E-state index is -0.756. The van der Waals surface area contributed by atoms with Gasteiger partial charge in [0.2, 0.25) is 0 Å². The molecule has 3 rings (SSSR count). The SMILES string of the molecule is O=C(O)C1Nc2ccccc2C2C=CCC12.[B]. The number of fused-ring (bicyclic) bond motifs is 3. The minimum Gasteiger partial charge on any atom is -0.480 e. The predicted molar refractivity (Wildman–Crippen MR) is 67.2 cm³/mol. The Bertz CT molecular complexity index is 472. The van der Waals surface area contributed by atoms with Crippen molar-refractivity contribution in [2.24, 2.45) is 5.92 Å². The maximum atomic E-state index is 11.2. The largest absolute Gasteiger partial charge is 0.480 e. The van der Waals surface area contributed by atoms with Gasteiger partial charge in [-0.2, -0.15) is 0 Å². The fourth-order valence-electron chi connectivity index (χ4n) is 2.79. The second kappa shape index (κ2) is 4.28. The first-order valence-electron chi connectivity index (χ1n) is 5.52. The molecule has 85 valence electrons. The Hall–Kier alpha value is -1.71. The highest BCUT2D eigenvalue weighted by molar-refractivity contribution is 5.80. The van der Waals surface area contributed by atoms with E-state index in [0.717, 1.165) is 12.1 Å². The van der Waals surface area contributed by atoms with E-state index in [1.54, 1.807) is 0 Å². The summed E-state index contributed by atoms with van der Waals surface area (Å²) in [6, 6.07) is 7.51. The van der Waals surface area contributed by atoms with E-state index in [4.69, 9.17) is 0 Å². The molecule has 1 aromatic carbocycles. The molecule has 3 atom stereocenters. The molecular weight excluding hydrogens is 213 g/mol. The Kier molecular flexibility index (Phi) is 2.96. The number of hydrogen-bond donors (Lipinski definition) is 2. The molecule has 2 N–H and O–H groups in total. The maximum absolute atomic E-state index is 11.2. The number of carbonyl (C=O) groups is 1.